The van der Waals surface area contributed by atoms with Gasteiger partial charge in [-0.25, -0.2) is 13.4 Å². The van der Waals surface area contributed by atoms with Crippen LogP contribution in [0, 0.1) is 0 Å². The van der Waals surface area contributed by atoms with Gasteiger partial charge in [0.05, 0.1) is 4.90 Å². The molecule has 168 valence electrons. The van der Waals surface area contributed by atoms with Gasteiger partial charge in [-0.05, 0) is 62.1 Å². The van der Waals surface area contributed by atoms with Crippen molar-refractivity contribution in [2.45, 2.75) is 61.8 Å². The molecule has 0 aliphatic heterocycles. The van der Waals surface area contributed by atoms with Crippen LogP contribution in [0.5, 0.6) is 0 Å². The maximum absolute atomic E-state index is 13.1. The van der Waals surface area contributed by atoms with Crippen molar-refractivity contribution in [3.05, 3.63) is 53.9 Å². The molecule has 1 aromatic heterocycles. The second-order valence-electron chi connectivity index (χ2n) is 8.80. The Morgan fingerprint density at radius 3 is 2.59 bits per heavy atom. The van der Waals surface area contributed by atoms with Crippen molar-refractivity contribution in [1.29, 1.82) is 0 Å². The normalized spacial score (nSPS) is 17.7. The zero-order valence-corrected chi connectivity index (χ0v) is 18.9. The number of benzene rings is 2. The number of rotatable bonds is 6. The van der Waals surface area contributed by atoms with E-state index in [0.717, 1.165) is 50.8 Å². The van der Waals surface area contributed by atoms with Crippen molar-refractivity contribution >= 4 is 32.7 Å². The Labute approximate surface area is 187 Å². The number of aromatic nitrogens is 1. The van der Waals surface area contributed by atoms with Crippen LogP contribution in [0.15, 0.2) is 51.8 Å². The first kappa shape index (κ1) is 21.2. The fraction of sp³-hybridized carbons (Fsp3) is 0.417. The number of anilines is 1. The molecule has 3 aromatic rings. The third kappa shape index (κ3) is 4.17. The number of carbonyl (C=O) groups excluding carboxylic acids is 1. The Kier molecular flexibility index (Phi) is 5.51. The predicted molar refractivity (Wildman–Crippen MR) is 122 cm³/mol. The summed E-state index contributed by atoms with van der Waals surface area (Å²) in [5, 5.41) is 2.85. The first-order valence-corrected chi connectivity index (χ1v) is 12.7. The molecule has 0 radical (unpaired) electrons. The van der Waals surface area contributed by atoms with Crippen molar-refractivity contribution in [2.24, 2.45) is 0 Å². The highest BCUT2D eigenvalue weighted by Crippen LogP contribution is 2.40. The average Bonchev–Trinajstić information content (AvgIpc) is 3.58. The van der Waals surface area contributed by atoms with Gasteiger partial charge < -0.3 is 9.73 Å². The lowest BCUT2D eigenvalue weighted by atomic mass is 9.96. The number of hydrogen-bond acceptors (Lipinski definition) is 5. The van der Waals surface area contributed by atoms with Crippen LogP contribution in [0.4, 0.5) is 5.69 Å². The maximum atomic E-state index is 13.1. The van der Waals surface area contributed by atoms with Crippen LogP contribution in [-0.4, -0.2) is 36.7 Å². The minimum atomic E-state index is -3.66. The van der Waals surface area contributed by atoms with Crippen molar-refractivity contribution in [1.82, 2.24) is 9.29 Å². The third-order valence-electron chi connectivity index (χ3n) is 6.45. The maximum Gasteiger partial charge on any atom is 0.255 e. The topological polar surface area (TPSA) is 92.5 Å². The quantitative estimate of drug-likeness (QED) is 0.572. The largest absolute Gasteiger partial charge is 0.440 e. The summed E-state index contributed by atoms with van der Waals surface area (Å²) in [5.74, 6) is 0.799. The molecule has 0 atom stereocenters. The van der Waals surface area contributed by atoms with Crippen LogP contribution in [-0.2, 0) is 10.0 Å². The predicted octanol–water partition coefficient (Wildman–Crippen LogP) is 4.91. The van der Waals surface area contributed by atoms with E-state index in [1.165, 1.54) is 10.4 Å². The van der Waals surface area contributed by atoms with E-state index in [4.69, 9.17) is 4.42 Å². The zero-order chi connectivity index (χ0) is 22.3. The molecule has 8 heteroatoms. The second-order valence-corrected chi connectivity index (χ2v) is 10.8. The molecular formula is C24H27N3O4S. The molecule has 1 amide bonds. The van der Waals surface area contributed by atoms with E-state index in [1.54, 1.807) is 43.4 Å². The number of nitrogens with one attached hydrogen (secondary N) is 1. The summed E-state index contributed by atoms with van der Waals surface area (Å²) >= 11 is 0. The van der Waals surface area contributed by atoms with Gasteiger partial charge in [0.1, 0.15) is 5.52 Å². The Balaban J connectivity index is 1.34. The average molecular weight is 454 g/mol. The monoisotopic (exact) mass is 453 g/mol. The molecule has 2 saturated carbocycles. The van der Waals surface area contributed by atoms with Crippen LogP contribution in [0.1, 0.15) is 67.1 Å². The molecule has 2 aliphatic rings. The van der Waals surface area contributed by atoms with E-state index in [2.05, 4.69) is 10.3 Å². The molecule has 1 heterocycles. The molecule has 5 rings (SSSR count). The minimum absolute atomic E-state index is 0.0148. The van der Waals surface area contributed by atoms with Gasteiger partial charge in [0.25, 0.3) is 5.91 Å². The Hall–Kier alpha value is -2.71. The lowest BCUT2D eigenvalue weighted by molar-refractivity contribution is 0.102. The molecule has 7 nitrogen and oxygen atoms in total. The van der Waals surface area contributed by atoms with Crippen LogP contribution < -0.4 is 5.32 Å². The Morgan fingerprint density at radius 2 is 1.84 bits per heavy atom. The molecular weight excluding hydrogens is 426 g/mol. The number of sulfonamides is 1. The highest BCUT2D eigenvalue weighted by Gasteiger charge is 2.30. The molecule has 0 unspecified atom stereocenters. The van der Waals surface area contributed by atoms with Gasteiger partial charge in [-0.15, -0.1) is 0 Å². The van der Waals surface area contributed by atoms with Crippen LogP contribution >= 0.6 is 0 Å². The lowest BCUT2D eigenvalue weighted by Gasteiger charge is -2.30. The number of carbonyl (C=O) groups is 1. The van der Waals surface area contributed by atoms with E-state index in [1.807, 2.05) is 0 Å². The van der Waals surface area contributed by atoms with Gasteiger partial charge in [0.15, 0.2) is 11.5 Å². The Bertz CT molecular complexity index is 1260. The minimum Gasteiger partial charge on any atom is -0.440 e. The van der Waals surface area contributed by atoms with Gasteiger partial charge in [0, 0.05) is 30.3 Å². The van der Waals surface area contributed by atoms with E-state index in [-0.39, 0.29) is 16.8 Å². The number of fused-ring (bicyclic) bond motifs is 1. The summed E-state index contributed by atoms with van der Waals surface area (Å²) in [5.41, 5.74) is 2.28. The smallest absolute Gasteiger partial charge is 0.255 e. The molecule has 0 bridgehead atoms. The second kappa shape index (κ2) is 8.33. The lowest BCUT2D eigenvalue weighted by Crippen LogP contribution is -2.38. The number of hydrogen-bond donors (Lipinski definition) is 1. The molecule has 0 saturated heterocycles. The molecule has 2 fully saturated rings. The third-order valence-corrected chi connectivity index (χ3v) is 8.36. The summed E-state index contributed by atoms with van der Waals surface area (Å²) in [6, 6.07) is 11.6. The molecule has 32 heavy (non-hydrogen) atoms. The molecule has 0 spiro atoms. The fourth-order valence-corrected chi connectivity index (χ4v) is 5.80. The van der Waals surface area contributed by atoms with Crippen LogP contribution in [0.2, 0.25) is 0 Å². The summed E-state index contributed by atoms with van der Waals surface area (Å²) < 4.78 is 33.5. The van der Waals surface area contributed by atoms with E-state index in [9.17, 15) is 13.2 Å². The summed E-state index contributed by atoms with van der Waals surface area (Å²) in [6.07, 6.45) is 7.21. The number of amides is 1. The van der Waals surface area contributed by atoms with Crippen molar-refractivity contribution in [3.63, 3.8) is 0 Å². The van der Waals surface area contributed by atoms with Crippen LogP contribution in [0.3, 0.4) is 0 Å². The highest BCUT2D eigenvalue weighted by molar-refractivity contribution is 7.89. The summed E-state index contributed by atoms with van der Waals surface area (Å²) in [4.78, 5) is 17.5. The SMILES string of the molecule is CN(C1CCCCC1)S(=O)(=O)c1cccc(C(=O)Nc2ccc3oc(C4CC4)nc3c2)c1. The van der Waals surface area contributed by atoms with Gasteiger partial charge in [-0.1, -0.05) is 25.3 Å². The van der Waals surface area contributed by atoms with E-state index < -0.39 is 10.0 Å². The summed E-state index contributed by atoms with van der Waals surface area (Å²) in [7, 11) is -2.02. The van der Waals surface area contributed by atoms with Crippen LogP contribution in [0.25, 0.3) is 11.1 Å². The standard InChI is InChI=1S/C24H27N3O4S/c1-27(19-7-3-2-4-8-19)32(29,30)20-9-5-6-17(14-20)23(28)25-18-12-13-22-21(15-18)26-24(31-22)16-10-11-16/h5-6,9,12-16,19H,2-4,7-8,10-11H2,1H3,(H,25,28). The van der Waals surface area contributed by atoms with E-state index in [0.29, 0.717) is 28.3 Å². The zero-order valence-electron chi connectivity index (χ0n) is 18.1. The van der Waals surface area contributed by atoms with Gasteiger partial charge >= 0.3 is 0 Å². The first-order chi connectivity index (χ1) is 15.4. The van der Waals surface area contributed by atoms with Gasteiger partial charge in [-0.3, -0.25) is 4.79 Å². The highest BCUT2D eigenvalue weighted by atomic mass is 32.2. The Morgan fingerprint density at radius 1 is 1.06 bits per heavy atom. The van der Waals surface area contributed by atoms with Crippen molar-refractivity contribution in [3.8, 4) is 0 Å². The number of oxazole rings is 1. The van der Waals surface area contributed by atoms with Gasteiger partial charge in [0.2, 0.25) is 10.0 Å². The number of nitrogens with zero attached hydrogens (tertiary/aromatic N) is 2. The van der Waals surface area contributed by atoms with E-state index >= 15 is 0 Å². The molecule has 2 aliphatic carbocycles. The summed E-state index contributed by atoms with van der Waals surface area (Å²) in [6.45, 7) is 0. The fourth-order valence-electron chi connectivity index (χ4n) is 4.34. The molecule has 1 N–H and O–H groups in total. The molecule has 2 aromatic carbocycles. The van der Waals surface area contributed by atoms with Crippen molar-refractivity contribution < 1.29 is 17.6 Å². The van der Waals surface area contributed by atoms with Gasteiger partial charge in [-0.2, -0.15) is 4.31 Å². The van der Waals surface area contributed by atoms with Crippen molar-refractivity contribution in [2.75, 3.05) is 12.4 Å². The first-order valence-electron chi connectivity index (χ1n) is 11.2.